The zero-order valence-electron chi connectivity index (χ0n) is 12.7. The average Bonchev–Trinajstić information content (AvgIpc) is 2.87. The number of anilines is 1. The Morgan fingerprint density at radius 1 is 1.41 bits per heavy atom. The molecular weight excluding hydrogens is 347 g/mol. The molecule has 128 valence electrons. The van der Waals surface area contributed by atoms with Gasteiger partial charge in [0.25, 0.3) is 0 Å². The highest BCUT2D eigenvalue weighted by atomic mass is 35.5. The summed E-state index contributed by atoms with van der Waals surface area (Å²) in [6.07, 6.45) is 1.37. The third-order valence-electron chi connectivity index (χ3n) is 3.12. The Labute approximate surface area is 147 Å². The van der Waals surface area contributed by atoms with E-state index >= 15 is 0 Å². The molecule has 1 aromatic heterocycles. The number of amides is 1. The van der Waals surface area contributed by atoms with E-state index in [1.807, 2.05) is 12.4 Å². The van der Waals surface area contributed by atoms with Gasteiger partial charge in [0.05, 0.1) is 18.9 Å². The summed E-state index contributed by atoms with van der Waals surface area (Å²) in [5, 5.41) is 8.59. The Bertz CT molecular complexity index is 428. The van der Waals surface area contributed by atoms with Crippen LogP contribution in [0.5, 0.6) is 0 Å². The molecule has 0 saturated carbocycles. The molecule has 22 heavy (non-hydrogen) atoms. The molecule has 6 nitrogen and oxygen atoms in total. The molecule has 2 rings (SSSR count). The van der Waals surface area contributed by atoms with Crippen molar-refractivity contribution in [2.45, 2.75) is 19.4 Å². The molecule has 1 aliphatic rings. The van der Waals surface area contributed by atoms with E-state index < -0.39 is 0 Å². The first-order valence-corrected chi connectivity index (χ1v) is 7.85. The minimum atomic E-state index is 0. The number of hydrogen-bond donors (Lipinski definition) is 2. The number of morpholine rings is 1. The number of hydrogen-bond acceptors (Lipinski definition) is 6. The van der Waals surface area contributed by atoms with Crippen LogP contribution in [-0.2, 0) is 16.1 Å². The lowest BCUT2D eigenvalue weighted by Gasteiger charge is -2.25. The van der Waals surface area contributed by atoms with Gasteiger partial charge in [-0.05, 0) is 20.0 Å². The van der Waals surface area contributed by atoms with Gasteiger partial charge in [-0.15, -0.1) is 36.2 Å². The number of thiazole rings is 1. The van der Waals surface area contributed by atoms with Gasteiger partial charge in [0.15, 0.2) is 5.13 Å². The molecule has 1 fully saturated rings. The lowest BCUT2D eigenvalue weighted by Crippen LogP contribution is -2.35. The van der Waals surface area contributed by atoms with Crippen molar-refractivity contribution in [3.8, 4) is 0 Å². The number of rotatable bonds is 7. The fourth-order valence-electron chi connectivity index (χ4n) is 2.03. The third kappa shape index (κ3) is 7.71. The normalized spacial score (nSPS) is 14.8. The van der Waals surface area contributed by atoms with E-state index in [1.165, 1.54) is 11.3 Å². The quantitative estimate of drug-likeness (QED) is 0.715. The van der Waals surface area contributed by atoms with Crippen molar-refractivity contribution in [1.29, 1.82) is 0 Å². The summed E-state index contributed by atoms with van der Waals surface area (Å²) in [4.78, 5) is 18.5. The number of aromatic nitrogens is 1. The van der Waals surface area contributed by atoms with E-state index in [1.54, 1.807) is 0 Å². The Hall–Kier alpha value is -0.440. The van der Waals surface area contributed by atoms with Gasteiger partial charge in [-0.2, -0.15) is 0 Å². The summed E-state index contributed by atoms with van der Waals surface area (Å²) in [7, 11) is 1.89. The van der Waals surface area contributed by atoms with Crippen LogP contribution in [0, 0.1) is 0 Å². The fraction of sp³-hybridized carbons (Fsp3) is 0.692. The van der Waals surface area contributed by atoms with Crippen LogP contribution in [0.4, 0.5) is 5.13 Å². The largest absolute Gasteiger partial charge is 0.379 e. The standard InChI is InChI=1S/C13H22N4O2S.2ClH/c1-14-4-2-3-12(18)16-13-15-11(10-20-13)9-17-5-7-19-8-6-17;;/h10,14H,2-9H2,1H3,(H,15,16,18);2*1H. The third-order valence-corrected chi connectivity index (χ3v) is 3.92. The van der Waals surface area contributed by atoms with E-state index in [0.717, 1.165) is 51.5 Å². The first-order valence-electron chi connectivity index (χ1n) is 6.97. The van der Waals surface area contributed by atoms with Crippen LogP contribution in [-0.4, -0.2) is 55.7 Å². The topological polar surface area (TPSA) is 66.5 Å². The van der Waals surface area contributed by atoms with Crippen LogP contribution < -0.4 is 10.6 Å². The van der Waals surface area contributed by atoms with Crippen LogP contribution in [0.3, 0.4) is 0 Å². The van der Waals surface area contributed by atoms with E-state index in [2.05, 4.69) is 20.5 Å². The Morgan fingerprint density at radius 3 is 2.82 bits per heavy atom. The molecule has 9 heteroatoms. The first kappa shape index (κ1) is 21.6. The van der Waals surface area contributed by atoms with E-state index in [0.29, 0.717) is 11.6 Å². The first-order chi connectivity index (χ1) is 9.78. The number of halogens is 2. The maximum atomic E-state index is 11.7. The van der Waals surface area contributed by atoms with Crippen LogP contribution in [0.2, 0.25) is 0 Å². The summed E-state index contributed by atoms with van der Waals surface area (Å²) >= 11 is 1.49. The second-order valence-electron chi connectivity index (χ2n) is 4.79. The second-order valence-corrected chi connectivity index (χ2v) is 5.65. The van der Waals surface area contributed by atoms with Crippen LogP contribution >= 0.6 is 36.2 Å². The molecule has 0 aliphatic carbocycles. The highest BCUT2D eigenvalue weighted by Gasteiger charge is 2.13. The summed E-state index contributed by atoms with van der Waals surface area (Å²) in [6, 6.07) is 0. The highest BCUT2D eigenvalue weighted by molar-refractivity contribution is 7.13. The van der Waals surface area contributed by atoms with Gasteiger partial charge in [0.2, 0.25) is 5.91 Å². The molecule has 1 aromatic rings. The predicted molar refractivity (Wildman–Crippen MR) is 94.5 cm³/mol. The summed E-state index contributed by atoms with van der Waals surface area (Å²) in [5.41, 5.74) is 1.02. The highest BCUT2D eigenvalue weighted by Crippen LogP contribution is 2.17. The van der Waals surface area contributed by atoms with E-state index in [-0.39, 0.29) is 30.7 Å². The number of carbonyl (C=O) groups is 1. The van der Waals surface area contributed by atoms with Gasteiger partial charge >= 0.3 is 0 Å². The lowest BCUT2D eigenvalue weighted by atomic mass is 10.3. The zero-order chi connectivity index (χ0) is 14.2. The molecule has 0 aromatic carbocycles. The lowest BCUT2D eigenvalue weighted by molar-refractivity contribution is -0.116. The van der Waals surface area contributed by atoms with E-state index in [9.17, 15) is 4.79 Å². The predicted octanol–water partition coefficient (Wildman–Crippen LogP) is 1.76. The molecule has 2 heterocycles. The average molecular weight is 371 g/mol. The number of nitrogens with zero attached hydrogens (tertiary/aromatic N) is 2. The molecule has 1 saturated heterocycles. The SMILES string of the molecule is CNCCCC(=O)Nc1nc(CN2CCOCC2)cs1.Cl.Cl. The number of carbonyl (C=O) groups excluding carboxylic acids is 1. The van der Waals surface area contributed by atoms with Gasteiger partial charge in [-0.25, -0.2) is 4.98 Å². The van der Waals surface area contributed by atoms with E-state index in [4.69, 9.17) is 4.74 Å². The molecule has 2 N–H and O–H groups in total. The number of ether oxygens (including phenoxy) is 1. The van der Waals surface area contributed by atoms with Gasteiger partial charge < -0.3 is 15.4 Å². The van der Waals surface area contributed by atoms with Gasteiger partial charge in [-0.1, -0.05) is 0 Å². The van der Waals surface area contributed by atoms with Crippen molar-refractivity contribution in [1.82, 2.24) is 15.2 Å². The molecule has 0 spiro atoms. The molecule has 1 aliphatic heterocycles. The minimum Gasteiger partial charge on any atom is -0.379 e. The summed E-state index contributed by atoms with van der Waals surface area (Å²) in [6.45, 7) is 5.16. The van der Waals surface area contributed by atoms with Crippen LogP contribution in [0.1, 0.15) is 18.5 Å². The molecule has 0 bridgehead atoms. The molecule has 0 unspecified atom stereocenters. The molecule has 0 radical (unpaired) electrons. The van der Waals surface area contributed by atoms with Gasteiger partial charge in [0, 0.05) is 31.4 Å². The second kappa shape index (κ2) is 12.0. The van der Waals surface area contributed by atoms with Crippen LogP contribution in [0.15, 0.2) is 5.38 Å². The van der Waals surface area contributed by atoms with Gasteiger partial charge in [0.1, 0.15) is 0 Å². The maximum Gasteiger partial charge on any atom is 0.226 e. The Balaban J connectivity index is 0.00000220. The van der Waals surface area contributed by atoms with Gasteiger partial charge in [-0.3, -0.25) is 9.69 Å². The smallest absolute Gasteiger partial charge is 0.226 e. The summed E-state index contributed by atoms with van der Waals surface area (Å²) < 4.78 is 5.32. The Kier molecular flexibility index (Phi) is 11.8. The van der Waals surface area contributed by atoms with Crippen molar-refractivity contribution in [2.75, 3.05) is 45.2 Å². The molecule has 1 amide bonds. The van der Waals surface area contributed by atoms with Crippen molar-refractivity contribution >= 4 is 47.2 Å². The summed E-state index contributed by atoms with van der Waals surface area (Å²) in [5.74, 6) is 0.0347. The minimum absolute atomic E-state index is 0. The Morgan fingerprint density at radius 2 is 2.14 bits per heavy atom. The number of nitrogens with one attached hydrogen (secondary N) is 2. The van der Waals surface area contributed by atoms with Crippen molar-refractivity contribution in [3.63, 3.8) is 0 Å². The molecular formula is C13H24Cl2N4O2S. The van der Waals surface area contributed by atoms with Crippen molar-refractivity contribution in [3.05, 3.63) is 11.1 Å². The fourth-order valence-corrected chi connectivity index (χ4v) is 2.75. The van der Waals surface area contributed by atoms with Crippen molar-refractivity contribution < 1.29 is 9.53 Å². The van der Waals surface area contributed by atoms with Crippen molar-refractivity contribution in [2.24, 2.45) is 0 Å². The molecule has 0 atom stereocenters. The maximum absolute atomic E-state index is 11.7. The monoisotopic (exact) mass is 370 g/mol. The zero-order valence-corrected chi connectivity index (χ0v) is 15.1. The van der Waals surface area contributed by atoms with Crippen LogP contribution in [0.25, 0.3) is 0 Å².